The fourth-order valence-corrected chi connectivity index (χ4v) is 2.10. The molecule has 2 heteroatoms. The normalized spacial score (nSPS) is 10.3. The largest absolute Gasteiger partial charge is 0.508 e. The standard InChI is InChI=1S/C11H15IO/c1-2-3-4-6-9-10(12)7-5-8-11(9)13/h5,7-8,13H,2-4,6H2,1H3. The Labute approximate surface area is 93.3 Å². The lowest BCUT2D eigenvalue weighted by Gasteiger charge is -2.05. The van der Waals surface area contributed by atoms with Gasteiger partial charge in [0.25, 0.3) is 0 Å². The first-order valence-electron chi connectivity index (χ1n) is 4.72. The third kappa shape index (κ3) is 3.18. The third-order valence-corrected chi connectivity index (χ3v) is 3.14. The van der Waals surface area contributed by atoms with Gasteiger partial charge in [0.1, 0.15) is 5.75 Å². The number of rotatable bonds is 4. The van der Waals surface area contributed by atoms with Gasteiger partial charge in [0.05, 0.1) is 0 Å². The lowest BCUT2D eigenvalue weighted by molar-refractivity contribution is 0.466. The second kappa shape index (κ2) is 5.47. The maximum Gasteiger partial charge on any atom is 0.119 e. The van der Waals surface area contributed by atoms with Crippen LogP contribution in [0.4, 0.5) is 0 Å². The molecule has 0 spiro atoms. The molecule has 0 atom stereocenters. The Kier molecular flexibility index (Phi) is 4.56. The van der Waals surface area contributed by atoms with Gasteiger partial charge in [-0.15, -0.1) is 0 Å². The van der Waals surface area contributed by atoms with Crippen molar-refractivity contribution in [2.75, 3.05) is 0 Å². The average molecular weight is 290 g/mol. The zero-order valence-electron chi connectivity index (χ0n) is 7.89. The van der Waals surface area contributed by atoms with Crippen molar-refractivity contribution in [3.63, 3.8) is 0 Å². The van der Waals surface area contributed by atoms with Crippen LogP contribution >= 0.6 is 22.6 Å². The molecule has 1 nitrogen and oxygen atoms in total. The first-order valence-corrected chi connectivity index (χ1v) is 5.80. The van der Waals surface area contributed by atoms with E-state index in [1.165, 1.54) is 22.8 Å². The van der Waals surface area contributed by atoms with Crippen LogP contribution in [0, 0.1) is 3.57 Å². The van der Waals surface area contributed by atoms with Crippen molar-refractivity contribution in [2.24, 2.45) is 0 Å². The number of unbranched alkanes of at least 4 members (excludes halogenated alkanes) is 2. The first-order chi connectivity index (χ1) is 6.25. The quantitative estimate of drug-likeness (QED) is 0.661. The molecular formula is C11H15IO. The molecule has 0 aliphatic heterocycles. The van der Waals surface area contributed by atoms with Crippen molar-refractivity contribution in [2.45, 2.75) is 32.6 Å². The van der Waals surface area contributed by atoms with Gasteiger partial charge in [0, 0.05) is 9.13 Å². The van der Waals surface area contributed by atoms with E-state index >= 15 is 0 Å². The minimum atomic E-state index is 0.447. The zero-order valence-corrected chi connectivity index (χ0v) is 10.0. The van der Waals surface area contributed by atoms with Gasteiger partial charge >= 0.3 is 0 Å². The van der Waals surface area contributed by atoms with Crippen molar-refractivity contribution < 1.29 is 5.11 Å². The van der Waals surface area contributed by atoms with Crippen molar-refractivity contribution in [1.82, 2.24) is 0 Å². The average Bonchev–Trinajstić information content (AvgIpc) is 2.10. The van der Waals surface area contributed by atoms with E-state index in [0.717, 1.165) is 12.0 Å². The van der Waals surface area contributed by atoms with Gasteiger partial charge in [-0.3, -0.25) is 0 Å². The van der Waals surface area contributed by atoms with Crippen molar-refractivity contribution in [3.05, 3.63) is 27.3 Å². The molecule has 0 saturated carbocycles. The van der Waals surface area contributed by atoms with E-state index in [2.05, 4.69) is 29.5 Å². The Bertz CT molecular complexity index is 251. The molecule has 0 fully saturated rings. The first kappa shape index (κ1) is 10.8. The van der Waals surface area contributed by atoms with Gasteiger partial charge < -0.3 is 5.11 Å². The molecule has 13 heavy (non-hydrogen) atoms. The fraction of sp³-hybridized carbons (Fsp3) is 0.455. The molecule has 1 N–H and O–H groups in total. The van der Waals surface area contributed by atoms with E-state index in [1.54, 1.807) is 6.07 Å². The highest BCUT2D eigenvalue weighted by atomic mass is 127. The summed E-state index contributed by atoms with van der Waals surface area (Å²) in [5.41, 5.74) is 1.11. The van der Waals surface area contributed by atoms with Crippen LogP contribution in [0.2, 0.25) is 0 Å². The Morgan fingerprint density at radius 2 is 2.08 bits per heavy atom. The van der Waals surface area contributed by atoms with Crippen LogP contribution in [0.15, 0.2) is 18.2 Å². The Morgan fingerprint density at radius 1 is 1.31 bits per heavy atom. The predicted octanol–water partition coefficient (Wildman–Crippen LogP) is 3.73. The van der Waals surface area contributed by atoms with Gasteiger partial charge in [-0.05, 0) is 47.6 Å². The Hall–Kier alpha value is -0.250. The van der Waals surface area contributed by atoms with Crippen LogP contribution in [0.25, 0.3) is 0 Å². The van der Waals surface area contributed by atoms with E-state index in [0.29, 0.717) is 5.75 Å². The minimum Gasteiger partial charge on any atom is -0.508 e. The molecule has 0 bridgehead atoms. The van der Waals surface area contributed by atoms with Crippen molar-refractivity contribution in [3.8, 4) is 5.75 Å². The SMILES string of the molecule is CCCCCc1c(O)cccc1I. The number of benzene rings is 1. The van der Waals surface area contributed by atoms with Crippen molar-refractivity contribution >= 4 is 22.6 Å². The van der Waals surface area contributed by atoms with Gasteiger partial charge in [0.2, 0.25) is 0 Å². The molecule has 0 radical (unpaired) electrons. The van der Waals surface area contributed by atoms with Crippen molar-refractivity contribution in [1.29, 1.82) is 0 Å². The van der Waals surface area contributed by atoms with Crippen LogP contribution in [-0.2, 0) is 6.42 Å². The topological polar surface area (TPSA) is 20.2 Å². The molecule has 0 aromatic heterocycles. The molecule has 0 amide bonds. The third-order valence-electron chi connectivity index (χ3n) is 2.12. The molecule has 0 saturated heterocycles. The van der Waals surface area contributed by atoms with Crippen LogP contribution in [0.3, 0.4) is 0 Å². The highest BCUT2D eigenvalue weighted by molar-refractivity contribution is 14.1. The number of hydrogen-bond donors (Lipinski definition) is 1. The summed E-state index contributed by atoms with van der Waals surface area (Å²) >= 11 is 2.28. The summed E-state index contributed by atoms with van der Waals surface area (Å²) in [6.45, 7) is 2.19. The number of phenols is 1. The summed E-state index contributed by atoms with van der Waals surface area (Å²) in [6.07, 6.45) is 4.64. The molecule has 0 aliphatic rings. The predicted molar refractivity (Wildman–Crippen MR) is 64.1 cm³/mol. The summed E-state index contributed by atoms with van der Waals surface area (Å²) < 4.78 is 1.17. The van der Waals surface area contributed by atoms with Gasteiger partial charge in [-0.2, -0.15) is 0 Å². The summed E-state index contributed by atoms with van der Waals surface area (Å²) in [7, 11) is 0. The van der Waals surface area contributed by atoms with E-state index in [-0.39, 0.29) is 0 Å². The molecule has 0 heterocycles. The number of halogens is 1. The van der Waals surface area contributed by atoms with Crippen LogP contribution in [-0.4, -0.2) is 5.11 Å². The molecule has 0 unspecified atom stereocenters. The van der Waals surface area contributed by atoms with Gasteiger partial charge in [-0.1, -0.05) is 25.8 Å². The smallest absolute Gasteiger partial charge is 0.119 e. The zero-order chi connectivity index (χ0) is 9.68. The highest BCUT2D eigenvalue weighted by Crippen LogP contribution is 2.24. The Morgan fingerprint density at radius 3 is 2.69 bits per heavy atom. The van der Waals surface area contributed by atoms with Gasteiger partial charge in [0.15, 0.2) is 0 Å². The molecule has 1 aromatic rings. The lowest BCUT2D eigenvalue weighted by atomic mass is 10.1. The summed E-state index contributed by atoms with van der Waals surface area (Å²) in [5.74, 6) is 0.447. The summed E-state index contributed by atoms with van der Waals surface area (Å²) in [4.78, 5) is 0. The van der Waals surface area contributed by atoms with E-state index in [1.807, 2.05) is 12.1 Å². The number of phenolic OH excluding ortho intramolecular Hbond substituents is 1. The maximum absolute atomic E-state index is 9.59. The van der Waals surface area contributed by atoms with E-state index in [4.69, 9.17) is 0 Å². The van der Waals surface area contributed by atoms with E-state index < -0.39 is 0 Å². The maximum atomic E-state index is 9.59. The molecular weight excluding hydrogens is 275 g/mol. The Balaban J connectivity index is 2.64. The molecule has 1 aromatic carbocycles. The monoisotopic (exact) mass is 290 g/mol. The number of hydrogen-bond acceptors (Lipinski definition) is 1. The highest BCUT2D eigenvalue weighted by Gasteiger charge is 2.03. The summed E-state index contributed by atoms with van der Waals surface area (Å²) in [6, 6.07) is 5.70. The van der Waals surface area contributed by atoms with Crippen LogP contribution in [0.5, 0.6) is 5.75 Å². The van der Waals surface area contributed by atoms with Gasteiger partial charge in [-0.25, -0.2) is 0 Å². The second-order valence-corrected chi connectivity index (χ2v) is 4.36. The molecule has 1 rings (SSSR count). The number of aromatic hydroxyl groups is 1. The fourth-order valence-electron chi connectivity index (χ4n) is 1.35. The lowest BCUT2D eigenvalue weighted by Crippen LogP contribution is -1.90. The minimum absolute atomic E-state index is 0.447. The molecule has 0 aliphatic carbocycles. The molecule has 72 valence electrons. The second-order valence-electron chi connectivity index (χ2n) is 3.19. The van der Waals surface area contributed by atoms with Crippen LogP contribution in [0.1, 0.15) is 31.7 Å². The summed E-state index contributed by atoms with van der Waals surface area (Å²) in [5, 5.41) is 9.59. The van der Waals surface area contributed by atoms with E-state index in [9.17, 15) is 5.11 Å². The van der Waals surface area contributed by atoms with Crippen LogP contribution < -0.4 is 0 Å².